The molecule has 1 N–H and O–H groups in total. The number of rotatable bonds is 5. The molecule has 1 aliphatic rings. The van der Waals surface area contributed by atoms with E-state index in [9.17, 15) is 4.79 Å². The number of aromatic nitrogens is 2. The van der Waals surface area contributed by atoms with Gasteiger partial charge in [0.15, 0.2) is 0 Å². The first-order valence-corrected chi connectivity index (χ1v) is 6.41. The van der Waals surface area contributed by atoms with Crippen LogP contribution in [0.1, 0.15) is 5.82 Å². The second-order valence-corrected chi connectivity index (χ2v) is 4.73. The number of hydrogen-bond donors (Lipinski definition) is 1. The van der Waals surface area contributed by atoms with Crippen LogP contribution >= 0.6 is 11.5 Å². The summed E-state index contributed by atoms with van der Waals surface area (Å²) in [6, 6.07) is 0.229. The van der Waals surface area contributed by atoms with E-state index in [-0.39, 0.29) is 12.1 Å². The monoisotopic (exact) mass is 272 g/mol. The molecule has 1 aliphatic heterocycles. The third-order valence-electron chi connectivity index (χ3n) is 2.64. The predicted molar refractivity (Wildman–Crippen MR) is 66.9 cm³/mol. The Morgan fingerprint density at radius 1 is 1.56 bits per heavy atom. The summed E-state index contributed by atoms with van der Waals surface area (Å²) < 4.78 is 13.8. The van der Waals surface area contributed by atoms with Gasteiger partial charge in [0.1, 0.15) is 5.82 Å². The highest BCUT2D eigenvalue weighted by Gasteiger charge is 2.31. The molecule has 0 aromatic carbocycles. The highest BCUT2D eigenvalue weighted by atomic mass is 32.1. The van der Waals surface area contributed by atoms with Crippen molar-refractivity contribution in [1.82, 2.24) is 14.3 Å². The minimum absolute atomic E-state index is 0.229. The second-order valence-electron chi connectivity index (χ2n) is 3.97. The van der Waals surface area contributed by atoms with E-state index in [4.69, 9.17) is 4.74 Å². The molecule has 0 atom stereocenters. The SMILES string of the molecule is COCCc1nsc(NC2CN(C(=O)OC)C2)n1. The normalized spacial score (nSPS) is 15.3. The lowest BCUT2D eigenvalue weighted by atomic mass is 10.1. The van der Waals surface area contributed by atoms with Gasteiger partial charge in [-0.2, -0.15) is 4.37 Å². The van der Waals surface area contributed by atoms with Crippen LogP contribution in [0.2, 0.25) is 0 Å². The molecule has 0 radical (unpaired) electrons. The minimum Gasteiger partial charge on any atom is -0.453 e. The number of amides is 1. The van der Waals surface area contributed by atoms with Crippen LogP contribution < -0.4 is 5.32 Å². The molecule has 1 aromatic rings. The van der Waals surface area contributed by atoms with Crippen molar-refractivity contribution in [2.75, 3.05) is 39.2 Å². The average molecular weight is 272 g/mol. The number of methoxy groups -OCH3 is 2. The number of anilines is 1. The van der Waals surface area contributed by atoms with Gasteiger partial charge in [0.2, 0.25) is 5.13 Å². The first-order valence-electron chi connectivity index (χ1n) is 5.64. The van der Waals surface area contributed by atoms with E-state index >= 15 is 0 Å². The Kier molecular flexibility index (Phi) is 4.32. The molecule has 0 unspecified atom stereocenters. The van der Waals surface area contributed by atoms with E-state index in [2.05, 4.69) is 19.4 Å². The molecule has 1 saturated heterocycles. The van der Waals surface area contributed by atoms with Crippen molar-refractivity contribution in [3.63, 3.8) is 0 Å². The summed E-state index contributed by atoms with van der Waals surface area (Å²) in [5, 5.41) is 4.03. The summed E-state index contributed by atoms with van der Waals surface area (Å²) in [6.45, 7) is 1.90. The highest BCUT2D eigenvalue weighted by Crippen LogP contribution is 2.18. The van der Waals surface area contributed by atoms with Crippen LogP contribution in [0, 0.1) is 0 Å². The molecule has 1 amide bonds. The molecule has 0 aliphatic carbocycles. The Morgan fingerprint density at radius 2 is 2.33 bits per heavy atom. The number of ether oxygens (including phenoxy) is 2. The number of likely N-dealkylation sites (tertiary alicyclic amines) is 1. The lowest BCUT2D eigenvalue weighted by Gasteiger charge is -2.37. The van der Waals surface area contributed by atoms with Gasteiger partial charge in [-0.3, -0.25) is 0 Å². The summed E-state index contributed by atoms with van der Waals surface area (Å²) in [4.78, 5) is 17.1. The average Bonchev–Trinajstić information content (AvgIpc) is 2.77. The molecule has 8 heteroatoms. The molecule has 0 saturated carbocycles. The lowest BCUT2D eigenvalue weighted by molar-refractivity contribution is 0.0930. The molecule has 7 nitrogen and oxygen atoms in total. The summed E-state index contributed by atoms with van der Waals surface area (Å²) in [6.07, 6.45) is 0.430. The van der Waals surface area contributed by atoms with Crippen molar-refractivity contribution in [3.8, 4) is 0 Å². The largest absolute Gasteiger partial charge is 0.453 e. The van der Waals surface area contributed by atoms with Crippen molar-refractivity contribution >= 4 is 22.8 Å². The summed E-state index contributed by atoms with van der Waals surface area (Å²) in [5.41, 5.74) is 0. The summed E-state index contributed by atoms with van der Waals surface area (Å²) in [5.74, 6) is 0.786. The summed E-state index contributed by atoms with van der Waals surface area (Å²) in [7, 11) is 3.04. The second kappa shape index (κ2) is 5.96. The van der Waals surface area contributed by atoms with Gasteiger partial charge in [0.05, 0.1) is 19.8 Å². The van der Waals surface area contributed by atoms with Gasteiger partial charge >= 0.3 is 6.09 Å². The van der Waals surface area contributed by atoms with Gasteiger partial charge in [-0.1, -0.05) is 0 Å². The fourth-order valence-corrected chi connectivity index (χ4v) is 2.32. The maximum Gasteiger partial charge on any atom is 0.409 e. The molecule has 2 rings (SSSR count). The molecule has 18 heavy (non-hydrogen) atoms. The topological polar surface area (TPSA) is 76.6 Å². The number of carbonyl (C=O) groups is 1. The Hall–Kier alpha value is -1.41. The molecule has 1 aromatic heterocycles. The molecule has 1 fully saturated rings. The zero-order valence-electron chi connectivity index (χ0n) is 10.4. The molecular formula is C10H16N4O3S. The molecule has 100 valence electrons. The van der Waals surface area contributed by atoms with E-state index in [1.165, 1.54) is 18.6 Å². The Balaban J connectivity index is 1.74. The fraction of sp³-hybridized carbons (Fsp3) is 0.700. The number of nitrogens with one attached hydrogen (secondary N) is 1. The Labute approximate surface area is 109 Å². The Morgan fingerprint density at radius 3 is 3.00 bits per heavy atom. The maximum atomic E-state index is 11.2. The smallest absolute Gasteiger partial charge is 0.409 e. The Bertz CT molecular complexity index is 406. The van der Waals surface area contributed by atoms with Crippen LogP contribution in [-0.2, 0) is 15.9 Å². The van der Waals surface area contributed by atoms with Gasteiger partial charge in [0, 0.05) is 38.2 Å². The van der Waals surface area contributed by atoms with Gasteiger partial charge in [-0.05, 0) is 0 Å². The summed E-state index contributed by atoms with van der Waals surface area (Å²) >= 11 is 1.33. The van der Waals surface area contributed by atoms with Gasteiger partial charge < -0.3 is 19.7 Å². The number of carbonyl (C=O) groups excluding carboxylic acids is 1. The quantitative estimate of drug-likeness (QED) is 0.845. The predicted octanol–water partition coefficient (Wildman–Crippen LogP) is 0.590. The van der Waals surface area contributed by atoms with Crippen LogP contribution in [-0.4, -0.2) is 60.3 Å². The number of nitrogens with zero attached hydrogens (tertiary/aromatic N) is 3. The van der Waals surface area contributed by atoms with Crippen molar-refractivity contribution in [1.29, 1.82) is 0 Å². The van der Waals surface area contributed by atoms with Crippen LogP contribution in [0.15, 0.2) is 0 Å². The van der Waals surface area contributed by atoms with E-state index in [1.807, 2.05) is 0 Å². The van der Waals surface area contributed by atoms with E-state index in [1.54, 1.807) is 12.0 Å². The molecule has 0 spiro atoms. The number of hydrogen-bond acceptors (Lipinski definition) is 7. The zero-order valence-corrected chi connectivity index (χ0v) is 11.2. The van der Waals surface area contributed by atoms with Gasteiger partial charge in [0.25, 0.3) is 0 Å². The molecular weight excluding hydrogens is 256 g/mol. The van der Waals surface area contributed by atoms with E-state index < -0.39 is 0 Å². The third-order valence-corrected chi connectivity index (χ3v) is 3.32. The lowest BCUT2D eigenvalue weighted by Crippen LogP contribution is -2.56. The van der Waals surface area contributed by atoms with Crippen molar-refractivity contribution in [2.45, 2.75) is 12.5 Å². The van der Waals surface area contributed by atoms with Crippen LogP contribution in [0.25, 0.3) is 0 Å². The zero-order chi connectivity index (χ0) is 13.0. The van der Waals surface area contributed by atoms with Gasteiger partial charge in [-0.25, -0.2) is 9.78 Å². The van der Waals surface area contributed by atoms with Crippen LogP contribution in [0.3, 0.4) is 0 Å². The van der Waals surface area contributed by atoms with Crippen molar-refractivity contribution in [3.05, 3.63) is 5.82 Å². The molecule has 0 bridgehead atoms. The van der Waals surface area contributed by atoms with E-state index in [0.29, 0.717) is 26.1 Å². The van der Waals surface area contributed by atoms with Crippen molar-refractivity contribution < 1.29 is 14.3 Å². The molecule has 2 heterocycles. The van der Waals surface area contributed by atoms with Crippen LogP contribution in [0.4, 0.5) is 9.93 Å². The first kappa shape index (κ1) is 13.0. The first-order chi connectivity index (χ1) is 8.72. The van der Waals surface area contributed by atoms with Crippen LogP contribution in [0.5, 0.6) is 0 Å². The highest BCUT2D eigenvalue weighted by molar-refractivity contribution is 7.09. The third kappa shape index (κ3) is 3.08. The standard InChI is InChI=1S/C10H16N4O3S/c1-16-4-3-8-12-9(18-13-8)11-7-5-14(6-7)10(15)17-2/h7H,3-6H2,1-2H3,(H,11,12,13). The van der Waals surface area contributed by atoms with Gasteiger partial charge in [-0.15, -0.1) is 0 Å². The maximum absolute atomic E-state index is 11.2. The minimum atomic E-state index is -0.286. The van der Waals surface area contributed by atoms with E-state index in [0.717, 1.165) is 11.0 Å². The fourth-order valence-electron chi connectivity index (χ4n) is 1.63. The van der Waals surface area contributed by atoms with Crippen molar-refractivity contribution in [2.24, 2.45) is 0 Å².